The van der Waals surface area contributed by atoms with Crippen LogP contribution >= 0.6 is 0 Å². The SMILES string of the molecule is COc1cc(OC)cc(N(CCO)c2ccc3ncc(-c4ccnc(C(=O)NCCCCCO)c4)nc3c2)c1. The molecule has 2 aromatic heterocycles. The van der Waals surface area contributed by atoms with Gasteiger partial charge in [-0.3, -0.25) is 14.8 Å². The zero-order valence-corrected chi connectivity index (χ0v) is 22.1. The number of aromatic nitrogens is 3. The smallest absolute Gasteiger partial charge is 0.269 e. The molecule has 0 atom stereocenters. The van der Waals surface area contributed by atoms with Crippen molar-refractivity contribution in [1.82, 2.24) is 20.3 Å². The minimum atomic E-state index is -0.259. The fourth-order valence-electron chi connectivity index (χ4n) is 4.18. The predicted molar refractivity (Wildman–Crippen MR) is 150 cm³/mol. The summed E-state index contributed by atoms with van der Waals surface area (Å²) >= 11 is 0. The Morgan fingerprint density at radius 3 is 2.38 bits per heavy atom. The first-order valence-electron chi connectivity index (χ1n) is 12.8. The molecule has 1 amide bonds. The van der Waals surface area contributed by atoms with Crippen LogP contribution in [0, 0.1) is 0 Å². The van der Waals surface area contributed by atoms with E-state index in [-0.39, 0.29) is 19.1 Å². The van der Waals surface area contributed by atoms with Gasteiger partial charge in [0, 0.05) is 61.0 Å². The molecule has 3 N–H and O–H groups in total. The van der Waals surface area contributed by atoms with Gasteiger partial charge in [-0.25, -0.2) is 4.98 Å². The third-order valence-corrected chi connectivity index (χ3v) is 6.22. The number of pyridine rings is 1. The van der Waals surface area contributed by atoms with Crippen molar-refractivity contribution in [2.24, 2.45) is 0 Å². The maximum atomic E-state index is 12.6. The molecule has 0 unspecified atom stereocenters. The molecule has 2 aromatic carbocycles. The molecule has 0 bridgehead atoms. The van der Waals surface area contributed by atoms with E-state index in [0.29, 0.717) is 47.0 Å². The fraction of sp³-hybridized carbons (Fsp3) is 0.310. The second-order valence-corrected chi connectivity index (χ2v) is 8.84. The number of carbonyl (C=O) groups excluding carboxylic acids is 1. The molecule has 10 heteroatoms. The highest BCUT2D eigenvalue weighted by molar-refractivity contribution is 5.93. The molecule has 0 fully saturated rings. The van der Waals surface area contributed by atoms with Crippen molar-refractivity contribution in [2.45, 2.75) is 19.3 Å². The Labute approximate surface area is 227 Å². The van der Waals surface area contributed by atoms with Gasteiger partial charge in [0.25, 0.3) is 5.91 Å². The normalized spacial score (nSPS) is 10.9. The first-order valence-corrected chi connectivity index (χ1v) is 12.8. The third-order valence-electron chi connectivity index (χ3n) is 6.22. The average Bonchev–Trinajstić information content (AvgIpc) is 2.98. The second kappa shape index (κ2) is 13.5. The number of hydrogen-bond donors (Lipinski definition) is 3. The van der Waals surface area contributed by atoms with E-state index in [9.17, 15) is 9.90 Å². The lowest BCUT2D eigenvalue weighted by Gasteiger charge is -2.25. The summed E-state index contributed by atoms with van der Waals surface area (Å²) in [6, 6.07) is 14.7. The van der Waals surface area contributed by atoms with Crippen LogP contribution in [0.2, 0.25) is 0 Å². The molecular weight excluding hydrogens is 498 g/mol. The molecule has 0 spiro atoms. The number of nitrogens with one attached hydrogen (secondary N) is 1. The number of fused-ring (bicyclic) bond motifs is 1. The van der Waals surface area contributed by atoms with Crippen molar-refractivity contribution in [1.29, 1.82) is 0 Å². The van der Waals surface area contributed by atoms with E-state index in [1.54, 1.807) is 44.8 Å². The summed E-state index contributed by atoms with van der Waals surface area (Å²) in [6.45, 7) is 0.957. The summed E-state index contributed by atoms with van der Waals surface area (Å²) in [4.78, 5) is 28.1. The molecule has 0 saturated heterocycles. The lowest BCUT2D eigenvalue weighted by atomic mass is 10.1. The summed E-state index contributed by atoms with van der Waals surface area (Å²) < 4.78 is 10.9. The van der Waals surface area contributed by atoms with E-state index in [0.717, 1.165) is 36.2 Å². The Bertz CT molecular complexity index is 1390. The molecular formula is C29H33N5O5. The topological polar surface area (TPSA) is 130 Å². The number of aliphatic hydroxyl groups is 2. The highest BCUT2D eigenvalue weighted by atomic mass is 16.5. The van der Waals surface area contributed by atoms with E-state index in [4.69, 9.17) is 19.6 Å². The van der Waals surface area contributed by atoms with Gasteiger partial charge in [0.2, 0.25) is 0 Å². The maximum absolute atomic E-state index is 12.6. The van der Waals surface area contributed by atoms with Gasteiger partial charge in [-0.2, -0.15) is 0 Å². The number of aliphatic hydroxyl groups excluding tert-OH is 2. The minimum absolute atomic E-state index is 0.0629. The largest absolute Gasteiger partial charge is 0.497 e. The molecule has 0 saturated carbocycles. The number of unbranched alkanes of at least 4 members (excludes halogenated alkanes) is 2. The van der Waals surface area contributed by atoms with Gasteiger partial charge in [0.1, 0.15) is 17.2 Å². The Morgan fingerprint density at radius 2 is 1.67 bits per heavy atom. The molecule has 4 rings (SSSR count). The zero-order valence-electron chi connectivity index (χ0n) is 22.1. The molecule has 0 aliphatic rings. The second-order valence-electron chi connectivity index (χ2n) is 8.84. The van der Waals surface area contributed by atoms with Crippen molar-refractivity contribution in [3.63, 3.8) is 0 Å². The van der Waals surface area contributed by atoms with Crippen LogP contribution in [0.15, 0.2) is 60.9 Å². The van der Waals surface area contributed by atoms with Gasteiger partial charge in [0.15, 0.2) is 0 Å². The number of hydrogen-bond acceptors (Lipinski definition) is 9. The molecule has 0 aliphatic carbocycles. The number of nitrogens with zero attached hydrogens (tertiary/aromatic N) is 4. The monoisotopic (exact) mass is 531 g/mol. The van der Waals surface area contributed by atoms with Gasteiger partial charge in [-0.15, -0.1) is 0 Å². The van der Waals surface area contributed by atoms with Crippen LogP contribution in [0.25, 0.3) is 22.3 Å². The number of rotatable bonds is 13. The number of ether oxygens (including phenoxy) is 2. The standard InChI is InChI=1S/C29H33N5O5/c1-38-23-15-22(16-24(18-23)39-2)34(11-13-36)21-6-7-25-26(17-21)33-28(19-32-25)20-8-10-30-27(14-20)29(37)31-9-4-3-5-12-35/h6-8,10,14-19,35-36H,3-5,9,11-13H2,1-2H3,(H,31,37). The van der Waals surface area contributed by atoms with Crippen LogP contribution in [0.5, 0.6) is 11.5 Å². The van der Waals surface area contributed by atoms with E-state index in [1.807, 2.05) is 35.2 Å². The van der Waals surface area contributed by atoms with Crippen LogP contribution in [0.3, 0.4) is 0 Å². The number of benzene rings is 2. The van der Waals surface area contributed by atoms with Crippen molar-refractivity contribution in [3.05, 3.63) is 66.6 Å². The number of amides is 1. The van der Waals surface area contributed by atoms with E-state index < -0.39 is 0 Å². The van der Waals surface area contributed by atoms with E-state index >= 15 is 0 Å². The van der Waals surface area contributed by atoms with Crippen LogP contribution in [-0.2, 0) is 0 Å². The number of carbonyl (C=O) groups is 1. The fourth-order valence-corrected chi connectivity index (χ4v) is 4.18. The summed E-state index contributed by atoms with van der Waals surface area (Å²) in [5, 5.41) is 21.6. The van der Waals surface area contributed by atoms with Crippen LogP contribution in [-0.4, -0.2) is 71.6 Å². The van der Waals surface area contributed by atoms with Crippen LogP contribution < -0.4 is 19.7 Å². The van der Waals surface area contributed by atoms with Gasteiger partial charge >= 0.3 is 0 Å². The van der Waals surface area contributed by atoms with Crippen LogP contribution in [0.4, 0.5) is 11.4 Å². The summed E-state index contributed by atoms with van der Waals surface area (Å²) in [7, 11) is 3.19. The molecule has 10 nitrogen and oxygen atoms in total. The van der Waals surface area contributed by atoms with Crippen LogP contribution in [0.1, 0.15) is 29.8 Å². The molecule has 0 aliphatic heterocycles. The molecule has 2 heterocycles. The lowest BCUT2D eigenvalue weighted by molar-refractivity contribution is 0.0948. The van der Waals surface area contributed by atoms with Gasteiger partial charge in [0.05, 0.1) is 43.8 Å². The van der Waals surface area contributed by atoms with Crippen molar-refractivity contribution >= 4 is 28.3 Å². The average molecular weight is 532 g/mol. The van der Waals surface area contributed by atoms with Gasteiger partial charge < -0.3 is 29.9 Å². The number of anilines is 2. The zero-order chi connectivity index (χ0) is 27.6. The summed E-state index contributed by atoms with van der Waals surface area (Å²) in [5.74, 6) is 1.01. The van der Waals surface area contributed by atoms with Gasteiger partial charge in [-0.05, 0) is 49.6 Å². The Hall–Kier alpha value is -4.28. The maximum Gasteiger partial charge on any atom is 0.269 e. The van der Waals surface area contributed by atoms with Crippen molar-refractivity contribution in [2.75, 3.05) is 45.4 Å². The van der Waals surface area contributed by atoms with E-state index in [1.165, 1.54) is 0 Å². The number of methoxy groups -OCH3 is 2. The van der Waals surface area contributed by atoms with Crippen molar-refractivity contribution in [3.8, 4) is 22.8 Å². The predicted octanol–water partition coefficient (Wildman–Crippen LogP) is 3.73. The highest BCUT2D eigenvalue weighted by Gasteiger charge is 2.15. The minimum Gasteiger partial charge on any atom is -0.497 e. The molecule has 204 valence electrons. The Kier molecular flexibility index (Phi) is 9.60. The first-order chi connectivity index (χ1) is 19.1. The Morgan fingerprint density at radius 1 is 0.872 bits per heavy atom. The summed E-state index contributed by atoms with van der Waals surface area (Å²) in [6.07, 6.45) is 5.61. The quantitative estimate of drug-likeness (QED) is 0.221. The molecule has 39 heavy (non-hydrogen) atoms. The third kappa shape index (κ3) is 6.98. The summed E-state index contributed by atoms with van der Waals surface area (Å²) in [5.41, 5.74) is 4.61. The van der Waals surface area contributed by atoms with E-state index in [2.05, 4.69) is 15.3 Å². The Balaban J connectivity index is 1.62. The van der Waals surface area contributed by atoms with Crippen molar-refractivity contribution < 1.29 is 24.5 Å². The molecule has 0 radical (unpaired) electrons. The lowest BCUT2D eigenvalue weighted by Crippen LogP contribution is -2.25. The first kappa shape index (κ1) is 27.7. The highest BCUT2D eigenvalue weighted by Crippen LogP contribution is 2.34. The molecule has 4 aromatic rings. The van der Waals surface area contributed by atoms with Gasteiger partial charge in [-0.1, -0.05) is 0 Å².